The molecule has 2 aliphatic carbocycles. The summed E-state index contributed by atoms with van der Waals surface area (Å²) in [5, 5.41) is 0. The molecule has 3 atom stereocenters. The normalized spacial score (nSPS) is 24.1. The summed E-state index contributed by atoms with van der Waals surface area (Å²) >= 11 is 0. The Morgan fingerprint density at radius 3 is 1.97 bits per heavy atom. The second kappa shape index (κ2) is 9.45. The minimum atomic E-state index is -0.732. The average Bonchev–Trinajstić information content (AvgIpc) is 2.88. The SMILES string of the molecule is CCOC1c2cc(OC)c(OC)c(OC)c2C2(C=C(OC)C(=O)C(OC)=C2)CC(C)C1C. The minimum absolute atomic E-state index is 0.187. The predicted molar refractivity (Wildman–Crippen MR) is 120 cm³/mol. The number of benzene rings is 1. The molecule has 0 aromatic heterocycles. The highest BCUT2D eigenvalue weighted by Crippen LogP contribution is 2.57. The molecule has 1 aromatic rings. The summed E-state index contributed by atoms with van der Waals surface area (Å²) in [5.74, 6) is 2.20. The molecule has 32 heavy (non-hydrogen) atoms. The molecule has 3 unspecified atom stereocenters. The van der Waals surface area contributed by atoms with Crippen LogP contribution in [-0.4, -0.2) is 47.9 Å². The van der Waals surface area contributed by atoms with Crippen LogP contribution in [0.1, 0.15) is 44.4 Å². The van der Waals surface area contributed by atoms with Gasteiger partial charge >= 0.3 is 0 Å². The lowest BCUT2D eigenvalue weighted by Gasteiger charge is -2.35. The van der Waals surface area contributed by atoms with Crippen LogP contribution in [-0.2, 0) is 24.4 Å². The number of rotatable bonds is 7. The molecule has 176 valence electrons. The van der Waals surface area contributed by atoms with Gasteiger partial charge in [0.1, 0.15) is 0 Å². The minimum Gasteiger partial charge on any atom is -0.493 e. The molecule has 0 aliphatic heterocycles. The smallest absolute Gasteiger partial charge is 0.261 e. The van der Waals surface area contributed by atoms with Crippen molar-refractivity contribution in [2.45, 2.75) is 38.7 Å². The molecule has 2 aliphatic rings. The zero-order valence-electron chi connectivity index (χ0n) is 20.2. The van der Waals surface area contributed by atoms with Gasteiger partial charge in [0, 0.05) is 17.6 Å². The zero-order valence-corrected chi connectivity index (χ0v) is 20.2. The number of methoxy groups -OCH3 is 5. The first-order valence-electron chi connectivity index (χ1n) is 10.9. The van der Waals surface area contributed by atoms with Crippen LogP contribution in [0, 0.1) is 11.8 Å². The van der Waals surface area contributed by atoms with E-state index >= 15 is 0 Å². The van der Waals surface area contributed by atoms with Crippen LogP contribution < -0.4 is 14.2 Å². The van der Waals surface area contributed by atoms with E-state index in [-0.39, 0.29) is 35.2 Å². The summed E-state index contributed by atoms with van der Waals surface area (Å²) in [7, 11) is 7.78. The molecule has 0 saturated carbocycles. The van der Waals surface area contributed by atoms with Gasteiger partial charge in [-0.1, -0.05) is 13.8 Å². The van der Waals surface area contributed by atoms with Gasteiger partial charge in [-0.15, -0.1) is 0 Å². The molecule has 0 radical (unpaired) electrons. The van der Waals surface area contributed by atoms with Crippen LogP contribution >= 0.6 is 0 Å². The number of carbonyl (C=O) groups is 1. The molecule has 0 bridgehead atoms. The van der Waals surface area contributed by atoms with E-state index in [2.05, 4.69) is 13.8 Å². The molecule has 0 heterocycles. The highest BCUT2D eigenvalue weighted by molar-refractivity contribution is 6.07. The van der Waals surface area contributed by atoms with Gasteiger partial charge in [-0.25, -0.2) is 0 Å². The van der Waals surface area contributed by atoms with E-state index in [1.807, 2.05) is 25.1 Å². The topological polar surface area (TPSA) is 72.5 Å². The van der Waals surface area contributed by atoms with Crippen molar-refractivity contribution >= 4 is 5.78 Å². The number of allylic oxidation sites excluding steroid dienone is 2. The summed E-state index contributed by atoms with van der Waals surface area (Å²) in [4.78, 5) is 12.8. The summed E-state index contributed by atoms with van der Waals surface area (Å²) < 4.78 is 34.6. The average molecular weight is 447 g/mol. The van der Waals surface area contributed by atoms with Crippen LogP contribution in [0.2, 0.25) is 0 Å². The molecular weight excluding hydrogens is 412 g/mol. The molecular formula is C25H34O7. The highest BCUT2D eigenvalue weighted by Gasteiger charge is 2.48. The third-order valence-electron chi connectivity index (χ3n) is 6.68. The molecule has 7 nitrogen and oxygen atoms in total. The van der Waals surface area contributed by atoms with E-state index < -0.39 is 5.41 Å². The number of fused-ring (bicyclic) bond motifs is 2. The zero-order chi connectivity index (χ0) is 23.6. The van der Waals surface area contributed by atoms with Gasteiger partial charge in [0.15, 0.2) is 23.0 Å². The van der Waals surface area contributed by atoms with Crippen molar-refractivity contribution in [3.8, 4) is 17.2 Å². The Labute approximate surface area is 190 Å². The van der Waals surface area contributed by atoms with Crippen LogP contribution in [0.5, 0.6) is 17.2 Å². The van der Waals surface area contributed by atoms with E-state index in [1.165, 1.54) is 14.2 Å². The van der Waals surface area contributed by atoms with Gasteiger partial charge in [0.2, 0.25) is 5.75 Å². The molecule has 3 rings (SSSR count). The van der Waals surface area contributed by atoms with Crippen molar-refractivity contribution in [2.75, 3.05) is 42.2 Å². The fourth-order valence-electron chi connectivity index (χ4n) is 5.03. The summed E-state index contributed by atoms with van der Waals surface area (Å²) in [6.45, 7) is 6.93. The second-order valence-corrected chi connectivity index (χ2v) is 8.32. The van der Waals surface area contributed by atoms with Crippen LogP contribution in [0.25, 0.3) is 0 Å². The van der Waals surface area contributed by atoms with Gasteiger partial charge in [0.25, 0.3) is 5.78 Å². The number of hydrogen-bond donors (Lipinski definition) is 0. The van der Waals surface area contributed by atoms with Gasteiger partial charge < -0.3 is 28.4 Å². The lowest BCUT2D eigenvalue weighted by Crippen LogP contribution is -2.32. The van der Waals surface area contributed by atoms with Crippen molar-refractivity contribution in [2.24, 2.45) is 11.8 Å². The summed E-state index contributed by atoms with van der Waals surface area (Å²) in [5.41, 5.74) is 1.07. The van der Waals surface area contributed by atoms with Crippen LogP contribution in [0.3, 0.4) is 0 Å². The molecule has 1 spiro atoms. The van der Waals surface area contributed by atoms with Gasteiger partial charge in [-0.3, -0.25) is 4.79 Å². The molecule has 0 saturated heterocycles. The Bertz CT molecular complexity index is 907. The third-order valence-corrected chi connectivity index (χ3v) is 6.68. The molecule has 1 aromatic carbocycles. The lowest BCUT2D eigenvalue weighted by atomic mass is 9.70. The van der Waals surface area contributed by atoms with Gasteiger partial charge in [0.05, 0.1) is 41.7 Å². The first-order chi connectivity index (χ1) is 15.3. The highest BCUT2D eigenvalue weighted by atomic mass is 16.5. The maximum Gasteiger partial charge on any atom is 0.261 e. The molecule has 0 fully saturated rings. The van der Waals surface area contributed by atoms with Gasteiger partial charge in [-0.2, -0.15) is 0 Å². The monoisotopic (exact) mass is 446 g/mol. The summed E-state index contributed by atoms with van der Waals surface area (Å²) in [6.07, 6.45) is 4.25. The van der Waals surface area contributed by atoms with Gasteiger partial charge in [-0.05, 0) is 49.0 Å². The van der Waals surface area contributed by atoms with Crippen molar-refractivity contribution in [3.63, 3.8) is 0 Å². The Hall–Kier alpha value is -2.67. The number of carbonyl (C=O) groups excluding carboxylic acids is 1. The second-order valence-electron chi connectivity index (χ2n) is 8.32. The maximum atomic E-state index is 12.8. The fourth-order valence-corrected chi connectivity index (χ4v) is 5.03. The standard InChI is InChI=1S/C25H34O7/c1-9-32-22-15(3)14(2)11-25(12-18(28-5)21(26)19(13-25)29-6)20-16(22)10-17(27-4)23(30-7)24(20)31-8/h10,12-15,22H,9,11H2,1-8H3. The Morgan fingerprint density at radius 1 is 0.906 bits per heavy atom. The van der Waals surface area contributed by atoms with Crippen molar-refractivity contribution < 1.29 is 33.2 Å². The fraction of sp³-hybridized carbons (Fsp3) is 0.560. The van der Waals surface area contributed by atoms with E-state index in [0.29, 0.717) is 30.3 Å². The lowest BCUT2D eigenvalue weighted by molar-refractivity contribution is -0.118. The predicted octanol–water partition coefficient (Wildman–Crippen LogP) is 4.35. The van der Waals surface area contributed by atoms with Crippen molar-refractivity contribution in [1.82, 2.24) is 0 Å². The number of hydrogen-bond acceptors (Lipinski definition) is 7. The molecule has 0 amide bonds. The first-order valence-corrected chi connectivity index (χ1v) is 10.9. The number of ketones is 1. The van der Waals surface area contributed by atoms with Crippen molar-refractivity contribution in [3.05, 3.63) is 40.9 Å². The van der Waals surface area contributed by atoms with E-state index in [1.54, 1.807) is 21.3 Å². The van der Waals surface area contributed by atoms with Crippen molar-refractivity contribution in [1.29, 1.82) is 0 Å². The molecule has 7 heteroatoms. The van der Waals surface area contributed by atoms with Crippen LogP contribution in [0.15, 0.2) is 29.7 Å². The largest absolute Gasteiger partial charge is 0.493 e. The van der Waals surface area contributed by atoms with E-state index in [4.69, 9.17) is 28.4 Å². The van der Waals surface area contributed by atoms with E-state index in [0.717, 1.165) is 11.1 Å². The Morgan fingerprint density at radius 2 is 1.50 bits per heavy atom. The first kappa shape index (κ1) is 24.0. The van der Waals surface area contributed by atoms with Crippen LogP contribution in [0.4, 0.5) is 0 Å². The third kappa shape index (κ3) is 3.72. The Kier molecular flexibility index (Phi) is 7.08. The number of Topliss-reactive ketones (excluding diaryl/α,β-unsaturated/α-hetero) is 1. The summed E-state index contributed by atoms with van der Waals surface area (Å²) in [6, 6.07) is 1.96. The molecule has 0 N–H and O–H groups in total. The number of ether oxygens (including phenoxy) is 6. The van der Waals surface area contributed by atoms with E-state index in [9.17, 15) is 4.79 Å². The Balaban J connectivity index is 2.49. The maximum absolute atomic E-state index is 12.8. The quantitative estimate of drug-likeness (QED) is 0.617.